The van der Waals surface area contributed by atoms with E-state index in [1.54, 1.807) is 7.11 Å². The fourth-order valence-electron chi connectivity index (χ4n) is 2.67. The van der Waals surface area contributed by atoms with E-state index in [9.17, 15) is 0 Å². The lowest BCUT2D eigenvalue weighted by Gasteiger charge is -2.18. The van der Waals surface area contributed by atoms with Gasteiger partial charge < -0.3 is 14.6 Å². The summed E-state index contributed by atoms with van der Waals surface area (Å²) >= 11 is 0. The molecule has 0 aliphatic carbocycles. The second-order valence-electron chi connectivity index (χ2n) is 5.16. The van der Waals surface area contributed by atoms with E-state index in [4.69, 9.17) is 9.26 Å². The predicted octanol–water partition coefficient (Wildman–Crippen LogP) is 2.52. The zero-order chi connectivity index (χ0) is 13.9. The number of nitrogens with zero attached hydrogens (tertiary/aromatic N) is 2. The second-order valence-corrected chi connectivity index (χ2v) is 5.16. The average molecular weight is 273 g/mol. The van der Waals surface area contributed by atoms with Gasteiger partial charge in [-0.1, -0.05) is 17.3 Å². The normalized spacial score (nSPS) is 19.0. The van der Waals surface area contributed by atoms with Gasteiger partial charge in [0.15, 0.2) is 0 Å². The minimum absolute atomic E-state index is 0.320. The van der Waals surface area contributed by atoms with Gasteiger partial charge in [0.25, 0.3) is 0 Å². The highest BCUT2D eigenvalue weighted by molar-refractivity contribution is 5.66. The first-order valence-electron chi connectivity index (χ1n) is 6.98. The monoisotopic (exact) mass is 273 g/mol. The van der Waals surface area contributed by atoms with Crippen LogP contribution in [0, 0.1) is 6.92 Å². The van der Waals surface area contributed by atoms with Crippen LogP contribution in [0.5, 0.6) is 5.75 Å². The van der Waals surface area contributed by atoms with Gasteiger partial charge in [-0.3, -0.25) is 0 Å². The van der Waals surface area contributed by atoms with Gasteiger partial charge >= 0.3 is 0 Å². The number of rotatable bonds is 3. The highest BCUT2D eigenvalue weighted by atomic mass is 16.5. The lowest BCUT2D eigenvalue weighted by molar-refractivity contribution is 0.322. The van der Waals surface area contributed by atoms with Gasteiger partial charge in [0.05, 0.1) is 18.6 Å². The Hall–Kier alpha value is -1.88. The molecule has 106 valence electrons. The van der Waals surface area contributed by atoms with Crippen molar-refractivity contribution in [2.45, 2.75) is 25.7 Å². The van der Waals surface area contributed by atoms with Gasteiger partial charge in [0.1, 0.15) is 5.75 Å². The average Bonchev–Trinajstić information content (AvgIpc) is 2.97. The Balaban J connectivity index is 1.92. The van der Waals surface area contributed by atoms with Crippen LogP contribution in [0.3, 0.4) is 0 Å². The highest BCUT2D eigenvalue weighted by Gasteiger charge is 2.22. The number of ether oxygens (including phenoxy) is 1. The van der Waals surface area contributed by atoms with Crippen LogP contribution in [-0.4, -0.2) is 30.3 Å². The van der Waals surface area contributed by atoms with Gasteiger partial charge in [-0.2, -0.15) is 4.98 Å². The van der Waals surface area contributed by atoms with Crippen molar-refractivity contribution in [3.05, 3.63) is 29.7 Å². The lowest BCUT2D eigenvalue weighted by atomic mass is 10.00. The number of aromatic nitrogens is 2. The highest BCUT2D eigenvalue weighted by Crippen LogP contribution is 2.32. The van der Waals surface area contributed by atoms with Crippen LogP contribution in [0.15, 0.2) is 22.7 Å². The van der Waals surface area contributed by atoms with Crippen molar-refractivity contribution in [2.24, 2.45) is 0 Å². The van der Waals surface area contributed by atoms with Crippen molar-refractivity contribution < 1.29 is 9.26 Å². The molecule has 2 aromatic rings. The molecule has 3 rings (SSSR count). The molecule has 1 aliphatic rings. The van der Waals surface area contributed by atoms with E-state index in [1.165, 1.54) is 0 Å². The van der Waals surface area contributed by atoms with Crippen LogP contribution in [0.2, 0.25) is 0 Å². The van der Waals surface area contributed by atoms with Crippen molar-refractivity contribution in [1.29, 1.82) is 0 Å². The van der Waals surface area contributed by atoms with Crippen LogP contribution in [0.25, 0.3) is 11.4 Å². The molecule has 1 fully saturated rings. The minimum atomic E-state index is 0.320. The molecule has 0 spiro atoms. The molecule has 5 nitrogen and oxygen atoms in total. The lowest BCUT2D eigenvalue weighted by Crippen LogP contribution is -2.28. The smallest absolute Gasteiger partial charge is 0.231 e. The molecule has 2 heterocycles. The van der Waals surface area contributed by atoms with Crippen molar-refractivity contribution in [3.8, 4) is 17.1 Å². The van der Waals surface area contributed by atoms with Gasteiger partial charge in [0, 0.05) is 6.54 Å². The number of piperidine rings is 1. The van der Waals surface area contributed by atoms with Gasteiger partial charge in [-0.15, -0.1) is 0 Å². The summed E-state index contributed by atoms with van der Waals surface area (Å²) in [6, 6.07) is 5.94. The van der Waals surface area contributed by atoms with Gasteiger partial charge in [-0.25, -0.2) is 0 Å². The van der Waals surface area contributed by atoms with Crippen molar-refractivity contribution in [1.82, 2.24) is 15.5 Å². The third-order valence-electron chi connectivity index (χ3n) is 3.74. The van der Waals surface area contributed by atoms with Crippen LogP contribution in [-0.2, 0) is 0 Å². The maximum Gasteiger partial charge on any atom is 0.231 e. The SMILES string of the molecule is COc1c(C)cccc1-c1noc(C2CCCNC2)n1. The molecule has 1 unspecified atom stereocenters. The summed E-state index contributed by atoms with van der Waals surface area (Å²) in [5, 5.41) is 7.48. The Bertz CT molecular complexity index is 589. The summed E-state index contributed by atoms with van der Waals surface area (Å²) in [7, 11) is 1.66. The molecule has 1 aliphatic heterocycles. The van der Waals surface area contributed by atoms with E-state index >= 15 is 0 Å². The molecule has 0 radical (unpaired) electrons. The van der Waals surface area contributed by atoms with E-state index in [0.717, 1.165) is 48.7 Å². The van der Waals surface area contributed by atoms with E-state index in [-0.39, 0.29) is 0 Å². The van der Waals surface area contributed by atoms with Crippen molar-refractivity contribution in [3.63, 3.8) is 0 Å². The van der Waals surface area contributed by atoms with Crippen LogP contribution in [0.1, 0.15) is 30.2 Å². The maximum atomic E-state index is 5.45. The molecule has 1 aromatic carbocycles. The quantitative estimate of drug-likeness (QED) is 0.931. The molecule has 0 saturated carbocycles. The van der Waals surface area contributed by atoms with Gasteiger partial charge in [-0.05, 0) is 37.9 Å². The Morgan fingerprint density at radius 2 is 2.30 bits per heavy atom. The number of nitrogens with one attached hydrogen (secondary N) is 1. The van der Waals surface area contributed by atoms with E-state index in [1.807, 2.05) is 25.1 Å². The molecular formula is C15H19N3O2. The summed E-state index contributed by atoms with van der Waals surface area (Å²) in [6.45, 7) is 3.99. The van der Waals surface area contributed by atoms with E-state index < -0.39 is 0 Å². The van der Waals surface area contributed by atoms with Crippen molar-refractivity contribution >= 4 is 0 Å². The topological polar surface area (TPSA) is 60.2 Å². The fraction of sp³-hybridized carbons (Fsp3) is 0.467. The zero-order valence-electron chi connectivity index (χ0n) is 11.8. The molecule has 0 amide bonds. The molecule has 20 heavy (non-hydrogen) atoms. The maximum absolute atomic E-state index is 5.45. The first-order chi connectivity index (χ1) is 9.79. The first kappa shape index (κ1) is 13.1. The van der Waals surface area contributed by atoms with E-state index in [2.05, 4.69) is 15.5 Å². The third-order valence-corrected chi connectivity index (χ3v) is 3.74. The number of benzene rings is 1. The molecule has 1 N–H and O–H groups in total. The van der Waals surface area contributed by atoms with E-state index in [0.29, 0.717) is 11.7 Å². The molecular weight excluding hydrogens is 254 g/mol. The molecule has 1 saturated heterocycles. The number of para-hydroxylation sites is 1. The number of aryl methyl sites for hydroxylation is 1. The Morgan fingerprint density at radius 3 is 3.05 bits per heavy atom. The minimum Gasteiger partial charge on any atom is -0.496 e. The summed E-state index contributed by atoms with van der Waals surface area (Å²) < 4.78 is 10.9. The standard InChI is InChI=1S/C15H19N3O2/c1-10-5-3-7-12(13(10)19-2)14-17-15(20-18-14)11-6-4-8-16-9-11/h3,5,7,11,16H,4,6,8-9H2,1-2H3. The first-order valence-corrected chi connectivity index (χ1v) is 6.98. The Kier molecular flexibility index (Phi) is 3.69. The summed E-state index contributed by atoms with van der Waals surface area (Å²) in [6.07, 6.45) is 2.25. The summed E-state index contributed by atoms with van der Waals surface area (Å²) in [4.78, 5) is 4.56. The fourth-order valence-corrected chi connectivity index (χ4v) is 2.67. The summed E-state index contributed by atoms with van der Waals surface area (Å²) in [5.41, 5.74) is 1.95. The number of hydrogen-bond donors (Lipinski definition) is 1. The van der Waals surface area contributed by atoms with Crippen molar-refractivity contribution in [2.75, 3.05) is 20.2 Å². The molecule has 5 heteroatoms. The van der Waals surface area contributed by atoms with Crippen LogP contribution >= 0.6 is 0 Å². The second kappa shape index (κ2) is 5.63. The zero-order valence-corrected chi connectivity index (χ0v) is 11.8. The third kappa shape index (κ3) is 2.41. The molecule has 0 bridgehead atoms. The van der Waals surface area contributed by atoms with Crippen LogP contribution in [0.4, 0.5) is 0 Å². The summed E-state index contributed by atoms with van der Waals surface area (Å²) in [5.74, 6) is 2.45. The molecule has 1 atom stereocenters. The van der Waals surface area contributed by atoms with Crippen LogP contribution < -0.4 is 10.1 Å². The Labute approximate surface area is 118 Å². The predicted molar refractivity (Wildman–Crippen MR) is 75.9 cm³/mol. The number of methoxy groups -OCH3 is 1. The van der Waals surface area contributed by atoms with Gasteiger partial charge in [0.2, 0.25) is 11.7 Å². The number of hydrogen-bond acceptors (Lipinski definition) is 5. The molecule has 1 aromatic heterocycles. The Morgan fingerprint density at radius 1 is 1.40 bits per heavy atom. The largest absolute Gasteiger partial charge is 0.496 e.